The van der Waals surface area contributed by atoms with E-state index in [-0.39, 0.29) is 5.69 Å². The molecule has 0 aliphatic carbocycles. The summed E-state index contributed by atoms with van der Waals surface area (Å²) >= 11 is 5.83. The Morgan fingerprint density at radius 3 is 2.36 bits per heavy atom. The van der Waals surface area contributed by atoms with Gasteiger partial charge in [-0.2, -0.15) is 0 Å². The molecule has 0 atom stereocenters. The number of hydrogen-bond donors (Lipinski definition) is 2. The number of halogens is 3. The molecule has 0 aliphatic rings. The number of rotatable bonds is 4. The summed E-state index contributed by atoms with van der Waals surface area (Å²) in [6.07, 6.45) is 1.47. The maximum absolute atomic E-state index is 13.2. The third-order valence-corrected chi connectivity index (χ3v) is 3.57. The monoisotopic (exact) mass is 359 g/mol. The van der Waals surface area contributed by atoms with Gasteiger partial charge in [0, 0.05) is 34.2 Å². The average Bonchev–Trinajstić information content (AvgIpc) is 2.60. The molecule has 3 rings (SSSR count). The smallest absolute Gasteiger partial charge is 0.255 e. The molecule has 3 aromatic rings. The van der Waals surface area contributed by atoms with E-state index in [9.17, 15) is 13.6 Å². The summed E-state index contributed by atoms with van der Waals surface area (Å²) in [6, 6.07) is 13.2. The van der Waals surface area contributed by atoms with Crippen molar-refractivity contribution in [2.45, 2.75) is 0 Å². The molecule has 0 bridgehead atoms. The highest BCUT2D eigenvalue weighted by Crippen LogP contribution is 2.19. The van der Waals surface area contributed by atoms with E-state index >= 15 is 0 Å². The molecule has 4 nitrogen and oxygen atoms in total. The van der Waals surface area contributed by atoms with Gasteiger partial charge in [0.05, 0.1) is 0 Å². The summed E-state index contributed by atoms with van der Waals surface area (Å²) in [6.45, 7) is 0. The van der Waals surface area contributed by atoms with Gasteiger partial charge in [0.1, 0.15) is 5.82 Å². The van der Waals surface area contributed by atoms with Crippen molar-refractivity contribution in [3.05, 3.63) is 83.0 Å². The first-order valence-corrected chi connectivity index (χ1v) is 7.64. The lowest BCUT2D eigenvalue weighted by molar-refractivity contribution is 0.102. The number of anilines is 3. The largest absolute Gasteiger partial charge is 0.340 e. The molecule has 2 N–H and O–H groups in total. The van der Waals surface area contributed by atoms with Crippen LogP contribution in [0.15, 0.2) is 60.8 Å². The van der Waals surface area contributed by atoms with E-state index in [4.69, 9.17) is 11.6 Å². The predicted molar refractivity (Wildman–Crippen MR) is 93.3 cm³/mol. The molecule has 0 aliphatic heterocycles. The van der Waals surface area contributed by atoms with Gasteiger partial charge in [0.2, 0.25) is 0 Å². The fourth-order valence-corrected chi connectivity index (χ4v) is 2.22. The van der Waals surface area contributed by atoms with E-state index in [0.717, 1.165) is 17.8 Å². The molecule has 0 fully saturated rings. The second kappa shape index (κ2) is 7.27. The quantitative estimate of drug-likeness (QED) is 0.688. The molecule has 1 heterocycles. The Morgan fingerprint density at radius 1 is 0.920 bits per heavy atom. The fraction of sp³-hybridized carbons (Fsp3) is 0. The molecule has 0 saturated carbocycles. The van der Waals surface area contributed by atoms with Crippen LogP contribution >= 0.6 is 11.6 Å². The highest BCUT2D eigenvalue weighted by Gasteiger charge is 2.10. The van der Waals surface area contributed by atoms with Crippen molar-refractivity contribution in [1.82, 2.24) is 4.98 Å². The summed E-state index contributed by atoms with van der Waals surface area (Å²) in [7, 11) is 0. The minimum absolute atomic E-state index is 0.160. The van der Waals surface area contributed by atoms with Gasteiger partial charge in [-0.25, -0.2) is 13.8 Å². The average molecular weight is 360 g/mol. The van der Waals surface area contributed by atoms with Crippen LogP contribution in [0, 0.1) is 11.6 Å². The predicted octanol–water partition coefficient (Wildman–Crippen LogP) is 5.01. The SMILES string of the molecule is O=C(Nc1ccc(F)c(F)c1)c1ccnc(Nc2ccc(Cl)cc2)c1. The topological polar surface area (TPSA) is 54.0 Å². The Bertz CT molecular complexity index is 916. The summed E-state index contributed by atoms with van der Waals surface area (Å²) in [4.78, 5) is 16.4. The summed E-state index contributed by atoms with van der Waals surface area (Å²) in [5.41, 5.74) is 1.24. The molecule has 1 aromatic heterocycles. The van der Waals surface area contributed by atoms with Crippen LogP contribution in [0.5, 0.6) is 0 Å². The van der Waals surface area contributed by atoms with Crippen LogP contribution in [-0.4, -0.2) is 10.9 Å². The third-order valence-electron chi connectivity index (χ3n) is 3.32. The van der Waals surface area contributed by atoms with Crippen LogP contribution in [0.3, 0.4) is 0 Å². The Hall–Kier alpha value is -2.99. The number of carbonyl (C=O) groups excluding carboxylic acids is 1. The number of nitrogens with one attached hydrogen (secondary N) is 2. The molecule has 2 aromatic carbocycles. The van der Waals surface area contributed by atoms with Gasteiger partial charge in [-0.05, 0) is 48.5 Å². The van der Waals surface area contributed by atoms with Gasteiger partial charge in [0.15, 0.2) is 11.6 Å². The normalized spacial score (nSPS) is 10.4. The van der Waals surface area contributed by atoms with E-state index in [1.165, 1.54) is 18.3 Å². The lowest BCUT2D eigenvalue weighted by Crippen LogP contribution is -2.12. The molecule has 0 spiro atoms. The van der Waals surface area contributed by atoms with Gasteiger partial charge in [-0.15, -0.1) is 0 Å². The highest BCUT2D eigenvalue weighted by molar-refractivity contribution is 6.30. The minimum Gasteiger partial charge on any atom is -0.340 e. The van der Waals surface area contributed by atoms with Gasteiger partial charge in [-0.3, -0.25) is 4.79 Å². The zero-order chi connectivity index (χ0) is 17.8. The van der Waals surface area contributed by atoms with Crippen molar-refractivity contribution in [2.75, 3.05) is 10.6 Å². The Balaban J connectivity index is 1.74. The van der Waals surface area contributed by atoms with Crippen LogP contribution in [0.4, 0.5) is 26.0 Å². The van der Waals surface area contributed by atoms with Crippen molar-refractivity contribution >= 4 is 34.7 Å². The number of aromatic nitrogens is 1. The van der Waals surface area contributed by atoms with E-state index in [2.05, 4.69) is 15.6 Å². The molecule has 1 amide bonds. The first-order chi connectivity index (χ1) is 12.0. The second-order valence-corrected chi connectivity index (χ2v) is 5.58. The number of nitrogens with zero attached hydrogens (tertiary/aromatic N) is 1. The molecule has 7 heteroatoms. The number of carbonyl (C=O) groups is 1. The lowest BCUT2D eigenvalue weighted by atomic mass is 10.2. The van der Waals surface area contributed by atoms with Crippen molar-refractivity contribution in [1.29, 1.82) is 0 Å². The molecule has 0 saturated heterocycles. The van der Waals surface area contributed by atoms with Gasteiger partial charge < -0.3 is 10.6 Å². The van der Waals surface area contributed by atoms with Crippen LogP contribution < -0.4 is 10.6 Å². The molecule has 25 heavy (non-hydrogen) atoms. The van der Waals surface area contributed by atoms with Crippen molar-refractivity contribution in [3.63, 3.8) is 0 Å². The lowest BCUT2D eigenvalue weighted by Gasteiger charge is -2.09. The third kappa shape index (κ3) is 4.30. The first kappa shape index (κ1) is 16.9. The Morgan fingerprint density at radius 2 is 1.64 bits per heavy atom. The first-order valence-electron chi connectivity index (χ1n) is 7.26. The fourth-order valence-electron chi connectivity index (χ4n) is 2.10. The van der Waals surface area contributed by atoms with Crippen molar-refractivity contribution in [3.8, 4) is 0 Å². The molecular weight excluding hydrogens is 348 g/mol. The second-order valence-electron chi connectivity index (χ2n) is 5.14. The van der Waals surface area contributed by atoms with E-state index in [1.54, 1.807) is 30.3 Å². The minimum atomic E-state index is -1.03. The summed E-state index contributed by atoms with van der Waals surface area (Å²) in [5.74, 6) is -2.01. The molecule has 0 radical (unpaired) electrons. The van der Waals surface area contributed by atoms with Gasteiger partial charge >= 0.3 is 0 Å². The van der Waals surface area contributed by atoms with Crippen LogP contribution in [0.1, 0.15) is 10.4 Å². The number of benzene rings is 2. The van der Waals surface area contributed by atoms with Crippen LogP contribution in [0.25, 0.3) is 0 Å². The molecular formula is C18H12ClF2N3O. The molecule has 126 valence electrons. The zero-order valence-corrected chi connectivity index (χ0v) is 13.5. The maximum Gasteiger partial charge on any atom is 0.255 e. The zero-order valence-electron chi connectivity index (χ0n) is 12.8. The van der Waals surface area contributed by atoms with Crippen LogP contribution in [-0.2, 0) is 0 Å². The summed E-state index contributed by atoms with van der Waals surface area (Å²) < 4.78 is 26.1. The van der Waals surface area contributed by atoms with Gasteiger partial charge in [-0.1, -0.05) is 11.6 Å². The number of amides is 1. The number of hydrogen-bond acceptors (Lipinski definition) is 3. The highest BCUT2D eigenvalue weighted by atomic mass is 35.5. The number of pyridine rings is 1. The maximum atomic E-state index is 13.2. The van der Waals surface area contributed by atoms with Crippen LogP contribution in [0.2, 0.25) is 5.02 Å². The standard InChI is InChI=1S/C18H12ClF2N3O/c19-12-1-3-13(4-2-12)23-17-9-11(7-8-22-17)18(25)24-14-5-6-15(20)16(21)10-14/h1-10H,(H,22,23)(H,24,25). The Labute approximate surface area is 147 Å². The van der Waals surface area contributed by atoms with Crippen molar-refractivity contribution in [2.24, 2.45) is 0 Å². The van der Waals surface area contributed by atoms with E-state index in [0.29, 0.717) is 16.4 Å². The Kier molecular flexibility index (Phi) is 4.90. The molecule has 0 unspecified atom stereocenters. The van der Waals surface area contributed by atoms with Crippen molar-refractivity contribution < 1.29 is 13.6 Å². The summed E-state index contributed by atoms with van der Waals surface area (Å²) in [5, 5.41) is 6.16. The van der Waals surface area contributed by atoms with E-state index in [1.807, 2.05) is 0 Å². The van der Waals surface area contributed by atoms with Gasteiger partial charge in [0.25, 0.3) is 5.91 Å². The van der Waals surface area contributed by atoms with E-state index < -0.39 is 17.5 Å².